The molecule has 3 N–H and O–H groups in total. The lowest BCUT2D eigenvalue weighted by Crippen LogP contribution is -2.34. The first-order valence-corrected chi connectivity index (χ1v) is 7.39. The number of nitrogens with one attached hydrogen (secondary N) is 1. The maximum Gasteiger partial charge on any atom is 0.251 e. The van der Waals surface area contributed by atoms with E-state index in [0.29, 0.717) is 37.3 Å². The first kappa shape index (κ1) is 16.5. The van der Waals surface area contributed by atoms with Gasteiger partial charge < -0.3 is 16.0 Å². The molecule has 6 heteroatoms. The highest BCUT2D eigenvalue weighted by atomic mass is 79.9. The molecule has 2 amide bonds. The Morgan fingerprint density at radius 2 is 1.95 bits per heavy atom. The summed E-state index contributed by atoms with van der Waals surface area (Å²) in [6.07, 6.45) is 0.305. The normalized spacial score (nSPS) is 10.2. The van der Waals surface area contributed by atoms with Gasteiger partial charge in [0.25, 0.3) is 5.91 Å². The van der Waals surface area contributed by atoms with Crippen LogP contribution >= 0.6 is 15.9 Å². The molecule has 0 saturated heterocycles. The van der Waals surface area contributed by atoms with Crippen LogP contribution in [0.4, 0.5) is 5.69 Å². The molecule has 0 radical (unpaired) electrons. The minimum absolute atomic E-state index is 0.0469. The van der Waals surface area contributed by atoms with Crippen LogP contribution in [0, 0.1) is 0 Å². The number of nitrogens with zero attached hydrogens (tertiary/aromatic N) is 1. The van der Waals surface area contributed by atoms with Crippen molar-refractivity contribution < 1.29 is 9.59 Å². The van der Waals surface area contributed by atoms with Crippen LogP contribution < -0.4 is 11.1 Å². The van der Waals surface area contributed by atoms with Gasteiger partial charge >= 0.3 is 0 Å². The van der Waals surface area contributed by atoms with Crippen LogP contribution in [0.25, 0.3) is 0 Å². The van der Waals surface area contributed by atoms with E-state index in [1.54, 1.807) is 23.1 Å². The zero-order chi connectivity index (χ0) is 15.1. The van der Waals surface area contributed by atoms with E-state index in [9.17, 15) is 9.59 Å². The van der Waals surface area contributed by atoms with Gasteiger partial charge in [0, 0.05) is 41.8 Å². The molecule has 0 fully saturated rings. The van der Waals surface area contributed by atoms with Gasteiger partial charge in [0.05, 0.1) is 0 Å². The predicted octanol–water partition coefficient (Wildman–Crippen LogP) is 2.02. The number of nitrogen functional groups attached to an aromatic ring is 1. The molecule has 1 rings (SSSR count). The quantitative estimate of drug-likeness (QED) is 0.777. The zero-order valence-electron chi connectivity index (χ0n) is 11.8. The summed E-state index contributed by atoms with van der Waals surface area (Å²) in [5.74, 6) is -0.179. The summed E-state index contributed by atoms with van der Waals surface area (Å²) in [5, 5.41) is 2.72. The molecule has 0 spiro atoms. The van der Waals surface area contributed by atoms with Crippen molar-refractivity contribution in [2.45, 2.75) is 20.3 Å². The molecule has 20 heavy (non-hydrogen) atoms. The Morgan fingerprint density at radius 3 is 2.50 bits per heavy atom. The van der Waals surface area contributed by atoms with Crippen LogP contribution in [0.1, 0.15) is 30.6 Å². The third kappa shape index (κ3) is 4.52. The van der Waals surface area contributed by atoms with E-state index in [-0.39, 0.29) is 11.8 Å². The Morgan fingerprint density at radius 1 is 1.30 bits per heavy atom. The SMILES string of the molecule is CCN(CC)C(=O)CCNC(=O)c1ccc(Br)c(N)c1. The van der Waals surface area contributed by atoms with E-state index in [1.165, 1.54) is 0 Å². The lowest BCUT2D eigenvalue weighted by atomic mass is 10.2. The number of nitrogens with two attached hydrogens (primary N) is 1. The first-order chi connectivity index (χ1) is 9.49. The maximum absolute atomic E-state index is 11.9. The van der Waals surface area contributed by atoms with Crippen molar-refractivity contribution in [2.75, 3.05) is 25.4 Å². The Hall–Kier alpha value is -1.56. The van der Waals surface area contributed by atoms with Crippen LogP contribution in [-0.4, -0.2) is 36.3 Å². The van der Waals surface area contributed by atoms with Gasteiger partial charge in [-0.25, -0.2) is 0 Å². The van der Waals surface area contributed by atoms with Crippen molar-refractivity contribution in [3.05, 3.63) is 28.2 Å². The molecule has 0 aliphatic heterocycles. The van der Waals surface area contributed by atoms with E-state index in [2.05, 4.69) is 21.2 Å². The van der Waals surface area contributed by atoms with E-state index >= 15 is 0 Å². The minimum Gasteiger partial charge on any atom is -0.398 e. The van der Waals surface area contributed by atoms with Gasteiger partial charge in [0.2, 0.25) is 5.91 Å². The van der Waals surface area contributed by atoms with Crippen molar-refractivity contribution in [3.63, 3.8) is 0 Å². The largest absolute Gasteiger partial charge is 0.398 e. The van der Waals surface area contributed by atoms with Gasteiger partial charge in [-0.15, -0.1) is 0 Å². The molecular weight excluding hydrogens is 322 g/mol. The third-order valence-corrected chi connectivity index (χ3v) is 3.72. The van der Waals surface area contributed by atoms with E-state index < -0.39 is 0 Å². The van der Waals surface area contributed by atoms with Crippen LogP contribution in [0.2, 0.25) is 0 Å². The molecule has 0 aliphatic carbocycles. The Bertz CT molecular complexity index is 487. The number of halogens is 1. The summed E-state index contributed by atoms with van der Waals surface area (Å²) in [7, 11) is 0. The number of rotatable bonds is 6. The number of hydrogen-bond donors (Lipinski definition) is 2. The summed E-state index contributed by atoms with van der Waals surface area (Å²) >= 11 is 3.28. The number of carbonyl (C=O) groups excluding carboxylic acids is 2. The molecule has 0 atom stereocenters. The highest BCUT2D eigenvalue weighted by Crippen LogP contribution is 2.20. The average molecular weight is 342 g/mol. The lowest BCUT2D eigenvalue weighted by molar-refractivity contribution is -0.130. The number of hydrogen-bond acceptors (Lipinski definition) is 3. The van der Waals surface area contributed by atoms with Crippen molar-refractivity contribution in [1.29, 1.82) is 0 Å². The van der Waals surface area contributed by atoms with Crippen LogP contribution in [0.15, 0.2) is 22.7 Å². The lowest BCUT2D eigenvalue weighted by Gasteiger charge is -2.18. The second kappa shape index (κ2) is 7.89. The van der Waals surface area contributed by atoms with Crippen molar-refractivity contribution >= 4 is 33.4 Å². The van der Waals surface area contributed by atoms with Gasteiger partial charge in [-0.3, -0.25) is 9.59 Å². The zero-order valence-corrected chi connectivity index (χ0v) is 13.4. The summed E-state index contributed by atoms with van der Waals surface area (Å²) in [5.41, 5.74) is 6.72. The van der Waals surface area contributed by atoms with Gasteiger partial charge in [-0.2, -0.15) is 0 Å². The summed E-state index contributed by atoms with van der Waals surface area (Å²) in [6.45, 7) is 5.57. The fraction of sp³-hybridized carbons (Fsp3) is 0.429. The van der Waals surface area contributed by atoms with Crippen LogP contribution in [0.3, 0.4) is 0 Å². The number of amides is 2. The highest BCUT2D eigenvalue weighted by molar-refractivity contribution is 9.10. The highest BCUT2D eigenvalue weighted by Gasteiger charge is 2.11. The summed E-state index contributed by atoms with van der Waals surface area (Å²) < 4.78 is 0.755. The van der Waals surface area contributed by atoms with Gasteiger partial charge in [-0.1, -0.05) is 0 Å². The molecule has 0 aliphatic rings. The monoisotopic (exact) mass is 341 g/mol. The molecular formula is C14H20BrN3O2. The van der Waals surface area contributed by atoms with Crippen LogP contribution in [0.5, 0.6) is 0 Å². The fourth-order valence-electron chi connectivity index (χ4n) is 1.80. The molecule has 0 saturated carbocycles. The summed E-state index contributed by atoms with van der Waals surface area (Å²) in [4.78, 5) is 25.4. The topological polar surface area (TPSA) is 75.4 Å². The molecule has 110 valence electrons. The van der Waals surface area contributed by atoms with Gasteiger partial charge in [-0.05, 0) is 48.0 Å². The van der Waals surface area contributed by atoms with Gasteiger partial charge in [0.1, 0.15) is 0 Å². The minimum atomic E-state index is -0.225. The van der Waals surface area contributed by atoms with Crippen molar-refractivity contribution in [2.24, 2.45) is 0 Å². The fourth-order valence-corrected chi connectivity index (χ4v) is 2.05. The predicted molar refractivity (Wildman–Crippen MR) is 83.4 cm³/mol. The van der Waals surface area contributed by atoms with Crippen molar-refractivity contribution in [3.8, 4) is 0 Å². The molecule has 1 aromatic carbocycles. The second-order valence-electron chi connectivity index (χ2n) is 4.31. The average Bonchev–Trinajstić information content (AvgIpc) is 2.43. The molecule has 0 heterocycles. The third-order valence-electron chi connectivity index (χ3n) is 3.00. The maximum atomic E-state index is 11.9. The van der Waals surface area contributed by atoms with Crippen molar-refractivity contribution in [1.82, 2.24) is 10.2 Å². The van der Waals surface area contributed by atoms with E-state index in [1.807, 2.05) is 13.8 Å². The number of benzene rings is 1. The Kier molecular flexibility index (Phi) is 6.51. The van der Waals surface area contributed by atoms with E-state index in [0.717, 1.165) is 4.47 Å². The molecule has 1 aromatic rings. The van der Waals surface area contributed by atoms with Gasteiger partial charge in [0.15, 0.2) is 0 Å². The molecule has 0 bridgehead atoms. The standard InChI is InChI=1S/C14H20BrN3O2/c1-3-18(4-2)13(19)7-8-17-14(20)10-5-6-11(15)12(16)9-10/h5-6,9H,3-4,7-8,16H2,1-2H3,(H,17,20). The second-order valence-corrected chi connectivity index (χ2v) is 5.16. The number of anilines is 1. The molecule has 5 nitrogen and oxygen atoms in total. The first-order valence-electron chi connectivity index (χ1n) is 6.60. The summed E-state index contributed by atoms with van der Waals surface area (Å²) in [6, 6.07) is 5.01. The molecule has 0 aromatic heterocycles. The Balaban J connectivity index is 2.47. The number of carbonyl (C=O) groups is 2. The van der Waals surface area contributed by atoms with Crippen LogP contribution in [-0.2, 0) is 4.79 Å². The Labute approximate surface area is 127 Å². The molecule has 0 unspecified atom stereocenters. The van der Waals surface area contributed by atoms with E-state index in [4.69, 9.17) is 5.73 Å². The smallest absolute Gasteiger partial charge is 0.251 e.